The molecule has 0 saturated heterocycles. The van der Waals surface area contributed by atoms with Crippen molar-refractivity contribution in [2.45, 2.75) is 11.8 Å². The van der Waals surface area contributed by atoms with Crippen LogP contribution in [0.4, 0.5) is 14.5 Å². The average Bonchev–Trinajstić information content (AvgIpc) is 2.67. The fourth-order valence-corrected chi connectivity index (χ4v) is 4.04. The van der Waals surface area contributed by atoms with Crippen LogP contribution in [0, 0.1) is 30.4 Å². The zero-order valence-electron chi connectivity index (χ0n) is 14.7. The minimum atomic E-state index is -4.29. The van der Waals surface area contributed by atoms with Gasteiger partial charge in [0.25, 0.3) is 10.0 Å². The lowest BCUT2D eigenvalue weighted by atomic mass is 10.1. The van der Waals surface area contributed by atoms with Crippen LogP contribution in [0.5, 0.6) is 0 Å². The Morgan fingerprint density at radius 2 is 1.72 bits per heavy atom. The van der Waals surface area contributed by atoms with Crippen molar-refractivity contribution in [1.82, 2.24) is 9.97 Å². The van der Waals surface area contributed by atoms with Gasteiger partial charge in [-0.2, -0.15) is 0 Å². The standard InChI is InChI=1S/C19H11Cl2F2N3O2S/c1-11-24-9-12(10-25-11)2-4-14-16(22)6-7-17(19(14)23)26-29(27,28)18-8-13(20)3-5-15(18)21/h3,5-10,26H,1H3. The first-order chi connectivity index (χ1) is 13.7. The first kappa shape index (κ1) is 21.0. The molecule has 3 aromatic rings. The van der Waals surface area contributed by atoms with Gasteiger partial charge in [-0.05, 0) is 37.3 Å². The summed E-state index contributed by atoms with van der Waals surface area (Å²) in [5.41, 5.74) is -0.763. The van der Waals surface area contributed by atoms with E-state index in [1.54, 1.807) is 6.92 Å². The van der Waals surface area contributed by atoms with Gasteiger partial charge >= 0.3 is 0 Å². The third-order valence-electron chi connectivity index (χ3n) is 3.63. The molecule has 0 aliphatic rings. The summed E-state index contributed by atoms with van der Waals surface area (Å²) in [6.07, 6.45) is 2.80. The first-order valence-corrected chi connectivity index (χ1v) is 10.2. The summed E-state index contributed by atoms with van der Waals surface area (Å²) in [7, 11) is -4.29. The summed E-state index contributed by atoms with van der Waals surface area (Å²) in [5.74, 6) is 3.27. The van der Waals surface area contributed by atoms with Gasteiger partial charge in [-0.25, -0.2) is 27.2 Å². The van der Waals surface area contributed by atoms with Crippen LogP contribution >= 0.6 is 23.2 Å². The number of benzene rings is 2. The third kappa shape index (κ3) is 4.82. The van der Waals surface area contributed by atoms with Gasteiger partial charge in [0.1, 0.15) is 16.5 Å². The van der Waals surface area contributed by atoms with E-state index in [9.17, 15) is 17.2 Å². The molecule has 10 heteroatoms. The van der Waals surface area contributed by atoms with Crippen LogP contribution in [0.25, 0.3) is 0 Å². The Hall–Kier alpha value is -2.73. The predicted octanol–water partition coefficient (Wildman–Crippen LogP) is 4.57. The number of nitrogens with zero attached hydrogens (tertiary/aromatic N) is 2. The smallest absolute Gasteiger partial charge is 0.263 e. The predicted molar refractivity (Wildman–Crippen MR) is 106 cm³/mol. The molecule has 0 spiro atoms. The maximum Gasteiger partial charge on any atom is 0.263 e. The van der Waals surface area contributed by atoms with Crippen molar-refractivity contribution in [3.63, 3.8) is 0 Å². The molecule has 2 aromatic carbocycles. The quantitative estimate of drug-likeness (QED) is 0.589. The molecule has 5 nitrogen and oxygen atoms in total. The molecular weight excluding hydrogens is 443 g/mol. The molecule has 0 aliphatic heterocycles. The van der Waals surface area contributed by atoms with Crippen molar-refractivity contribution < 1.29 is 17.2 Å². The zero-order chi connectivity index (χ0) is 21.2. The van der Waals surface area contributed by atoms with Crippen LogP contribution in [0.1, 0.15) is 17.0 Å². The lowest BCUT2D eigenvalue weighted by Crippen LogP contribution is -2.15. The van der Waals surface area contributed by atoms with Crippen LogP contribution in [-0.2, 0) is 10.0 Å². The van der Waals surface area contributed by atoms with E-state index in [1.165, 1.54) is 24.5 Å². The topological polar surface area (TPSA) is 72.0 Å². The lowest BCUT2D eigenvalue weighted by Gasteiger charge is -2.11. The molecule has 3 rings (SSSR count). The molecule has 0 bridgehead atoms. The number of hydrogen-bond acceptors (Lipinski definition) is 4. The van der Waals surface area contributed by atoms with Gasteiger partial charge in [0.05, 0.1) is 21.8 Å². The highest BCUT2D eigenvalue weighted by Crippen LogP contribution is 2.28. The Labute approximate surface area is 175 Å². The molecule has 1 aromatic heterocycles. The van der Waals surface area contributed by atoms with Gasteiger partial charge in [0.2, 0.25) is 0 Å². The van der Waals surface area contributed by atoms with Crippen molar-refractivity contribution in [2.75, 3.05) is 4.72 Å². The Morgan fingerprint density at radius 1 is 1.03 bits per heavy atom. The number of hydrogen-bond donors (Lipinski definition) is 1. The zero-order valence-corrected chi connectivity index (χ0v) is 17.0. The Kier molecular flexibility index (Phi) is 6.03. The van der Waals surface area contributed by atoms with Crippen molar-refractivity contribution in [1.29, 1.82) is 0 Å². The van der Waals surface area contributed by atoms with Crippen LogP contribution in [0.15, 0.2) is 47.6 Å². The van der Waals surface area contributed by atoms with Gasteiger partial charge in [-0.3, -0.25) is 4.72 Å². The normalized spacial score (nSPS) is 10.9. The van der Waals surface area contributed by atoms with E-state index in [0.717, 1.165) is 18.2 Å². The second kappa shape index (κ2) is 8.33. The second-order valence-corrected chi connectivity index (χ2v) is 8.23. The van der Waals surface area contributed by atoms with Gasteiger partial charge in [0.15, 0.2) is 5.82 Å². The largest absolute Gasteiger partial charge is 0.277 e. The minimum Gasteiger partial charge on any atom is -0.277 e. The fourth-order valence-electron chi connectivity index (χ4n) is 2.22. The van der Waals surface area contributed by atoms with E-state index in [2.05, 4.69) is 21.8 Å². The highest BCUT2D eigenvalue weighted by molar-refractivity contribution is 7.92. The van der Waals surface area contributed by atoms with E-state index >= 15 is 0 Å². The maximum atomic E-state index is 14.8. The van der Waals surface area contributed by atoms with Crippen molar-refractivity contribution >= 4 is 38.9 Å². The van der Waals surface area contributed by atoms with Crippen LogP contribution in [-0.4, -0.2) is 18.4 Å². The van der Waals surface area contributed by atoms with Gasteiger partial charge in [-0.15, -0.1) is 0 Å². The lowest BCUT2D eigenvalue weighted by molar-refractivity contribution is 0.578. The Bertz CT molecular complexity index is 1250. The minimum absolute atomic E-state index is 0.108. The van der Waals surface area contributed by atoms with Gasteiger partial charge in [-0.1, -0.05) is 35.0 Å². The molecule has 1 N–H and O–H groups in total. The van der Waals surface area contributed by atoms with E-state index in [0.29, 0.717) is 11.4 Å². The SMILES string of the molecule is Cc1ncc(C#Cc2c(F)ccc(NS(=O)(=O)c3cc(Cl)ccc3Cl)c2F)cn1. The molecule has 0 aliphatic carbocycles. The number of nitrogens with one attached hydrogen (secondary N) is 1. The Morgan fingerprint density at radius 3 is 2.41 bits per heavy atom. The van der Waals surface area contributed by atoms with E-state index in [4.69, 9.17) is 23.2 Å². The number of halogens is 4. The third-order valence-corrected chi connectivity index (χ3v) is 5.71. The summed E-state index contributed by atoms with van der Waals surface area (Å²) in [5, 5.41) is 0.0185. The highest BCUT2D eigenvalue weighted by atomic mass is 35.5. The number of rotatable bonds is 3. The molecule has 0 saturated carbocycles. The maximum absolute atomic E-state index is 14.8. The molecule has 148 valence electrons. The molecule has 29 heavy (non-hydrogen) atoms. The molecule has 0 fully saturated rings. The van der Waals surface area contributed by atoms with Crippen LogP contribution < -0.4 is 4.72 Å². The van der Waals surface area contributed by atoms with Gasteiger partial charge in [0, 0.05) is 17.4 Å². The number of aromatic nitrogens is 2. The summed E-state index contributed by atoms with van der Waals surface area (Å²) in [4.78, 5) is 7.52. The van der Waals surface area contributed by atoms with Gasteiger partial charge < -0.3 is 0 Å². The van der Waals surface area contributed by atoms with Crippen molar-refractivity contribution in [3.05, 3.63) is 81.4 Å². The van der Waals surface area contributed by atoms with Crippen molar-refractivity contribution in [3.8, 4) is 11.8 Å². The summed E-state index contributed by atoms with van der Waals surface area (Å²) < 4.78 is 56.0. The number of sulfonamides is 1. The van der Waals surface area contributed by atoms with Crippen LogP contribution in [0.3, 0.4) is 0 Å². The molecule has 0 amide bonds. The fraction of sp³-hybridized carbons (Fsp3) is 0.0526. The summed E-state index contributed by atoms with van der Waals surface area (Å²) in [6.45, 7) is 1.68. The van der Waals surface area contributed by atoms with E-state index in [-0.39, 0.29) is 14.9 Å². The number of aryl methyl sites for hydroxylation is 1. The average molecular weight is 454 g/mol. The second-order valence-electron chi connectivity index (χ2n) is 5.73. The number of anilines is 1. The highest BCUT2D eigenvalue weighted by Gasteiger charge is 2.22. The van der Waals surface area contributed by atoms with Crippen molar-refractivity contribution in [2.24, 2.45) is 0 Å². The molecule has 0 atom stereocenters. The summed E-state index contributed by atoms with van der Waals surface area (Å²) >= 11 is 11.7. The van der Waals surface area contributed by atoms with Crippen LogP contribution in [0.2, 0.25) is 10.0 Å². The molecular formula is C19H11Cl2F2N3O2S. The summed E-state index contributed by atoms with van der Waals surface area (Å²) in [6, 6.07) is 5.66. The molecule has 1 heterocycles. The molecule has 0 unspecified atom stereocenters. The van der Waals surface area contributed by atoms with E-state index in [1.807, 2.05) is 4.72 Å². The Balaban J connectivity index is 1.99. The first-order valence-electron chi connectivity index (χ1n) is 7.94. The molecule has 0 radical (unpaired) electrons. The monoisotopic (exact) mass is 453 g/mol. The van der Waals surface area contributed by atoms with E-state index < -0.39 is 32.9 Å².